The molecule has 1 aromatic heterocycles. The van der Waals surface area contributed by atoms with E-state index in [-0.39, 0.29) is 5.91 Å². The number of nitrogens with zero attached hydrogens (tertiary/aromatic N) is 3. The molecule has 1 atom stereocenters. The van der Waals surface area contributed by atoms with Gasteiger partial charge in [0.2, 0.25) is 5.91 Å². The minimum atomic E-state index is -0.0177. The molecule has 1 amide bonds. The van der Waals surface area contributed by atoms with Crippen LogP contribution in [0.4, 0.5) is 5.69 Å². The highest BCUT2D eigenvalue weighted by atomic mass is 32.1. The normalized spacial score (nSPS) is 19.8. The highest BCUT2D eigenvalue weighted by molar-refractivity contribution is 7.00. The second-order valence-electron chi connectivity index (χ2n) is 5.34. The number of nitrogens with one attached hydrogen (secondary N) is 1. The molecule has 3 N–H and O–H groups in total. The molecule has 2 heterocycles. The predicted octanol–water partition coefficient (Wildman–Crippen LogP) is 1.44. The van der Waals surface area contributed by atoms with Crippen molar-refractivity contribution in [2.24, 2.45) is 5.73 Å². The quantitative estimate of drug-likeness (QED) is 0.893. The van der Waals surface area contributed by atoms with Crippen LogP contribution < -0.4 is 11.1 Å². The molecule has 0 saturated carbocycles. The minimum Gasteiger partial charge on any atom is -0.329 e. The third-order valence-electron chi connectivity index (χ3n) is 3.93. The van der Waals surface area contributed by atoms with Gasteiger partial charge in [-0.3, -0.25) is 9.69 Å². The van der Waals surface area contributed by atoms with Gasteiger partial charge in [0.15, 0.2) is 0 Å². The van der Waals surface area contributed by atoms with Gasteiger partial charge in [0.25, 0.3) is 0 Å². The fraction of sp³-hybridized carbons (Fsp3) is 0.500. The van der Waals surface area contributed by atoms with E-state index < -0.39 is 0 Å². The molecule has 1 saturated heterocycles. The Kier molecular flexibility index (Phi) is 4.42. The molecule has 1 fully saturated rings. The van der Waals surface area contributed by atoms with Crippen LogP contribution in [-0.2, 0) is 4.79 Å². The summed E-state index contributed by atoms with van der Waals surface area (Å²) >= 11 is 1.16. The summed E-state index contributed by atoms with van der Waals surface area (Å²) in [6, 6.07) is 5.95. The summed E-state index contributed by atoms with van der Waals surface area (Å²) in [6.07, 6.45) is 3.41. The van der Waals surface area contributed by atoms with Crippen LogP contribution in [0.3, 0.4) is 0 Å². The van der Waals surface area contributed by atoms with E-state index in [0.717, 1.165) is 47.8 Å². The summed E-state index contributed by atoms with van der Waals surface area (Å²) in [5.41, 5.74) is 8.09. The average Bonchev–Trinajstić information content (AvgIpc) is 2.97. The lowest BCUT2D eigenvalue weighted by Crippen LogP contribution is -2.47. The molecule has 21 heavy (non-hydrogen) atoms. The summed E-state index contributed by atoms with van der Waals surface area (Å²) in [6.45, 7) is 1.94. The van der Waals surface area contributed by atoms with E-state index in [1.165, 1.54) is 6.42 Å². The molecule has 0 bridgehead atoms. The molecular weight excluding hydrogens is 286 g/mol. The van der Waals surface area contributed by atoms with E-state index in [2.05, 4.69) is 19.0 Å². The van der Waals surface area contributed by atoms with Crippen LogP contribution >= 0.6 is 11.7 Å². The predicted molar refractivity (Wildman–Crippen MR) is 84.3 cm³/mol. The number of hydrogen-bond acceptors (Lipinski definition) is 6. The van der Waals surface area contributed by atoms with E-state index >= 15 is 0 Å². The summed E-state index contributed by atoms with van der Waals surface area (Å²) in [7, 11) is 0. The summed E-state index contributed by atoms with van der Waals surface area (Å²) < 4.78 is 8.41. The largest absolute Gasteiger partial charge is 0.329 e. The van der Waals surface area contributed by atoms with Crippen LogP contribution in [0.5, 0.6) is 0 Å². The van der Waals surface area contributed by atoms with E-state index in [4.69, 9.17) is 5.73 Å². The number of anilines is 1. The van der Waals surface area contributed by atoms with Crippen LogP contribution in [0, 0.1) is 0 Å². The Bertz CT molecular complexity index is 629. The van der Waals surface area contributed by atoms with Gasteiger partial charge in [-0.25, -0.2) is 0 Å². The van der Waals surface area contributed by atoms with Crippen LogP contribution in [-0.4, -0.2) is 45.2 Å². The van der Waals surface area contributed by atoms with Gasteiger partial charge in [-0.1, -0.05) is 12.5 Å². The van der Waals surface area contributed by atoms with Crippen molar-refractivity contribution in [1.29, 1.82) is 0 Å². The summed E-state index contributed by atoms with van der Waals surface area (Å²) in [5, 5.41) is 2.95. The summed E-state index contributed by atoms with van der Waals surface area (Å²) in [5.74, 6) is -0.0177. The van der Waals surface area contributed by atoms with Gasteiger partial charge in [-0.05, 0) is 31.5 Å². The molecule has 0 aliphatic carbocycles. The molecule has 6 nitrogen and oxygen atoms in total. The van der Waals surface area contributed by atoms with Crippen molar-refractivity contribution in [3.63, 3.8) is 0 Å². The van der Waals surface area contributed by atoms with Crippen molar-refractivity contribution in [2.75, 3.05) is 25.0 Å². The SMILES string of the molecule is NCC1CCCCN1CC(=O)Nc1cccc2nsnc12. The molecule has 112 valence electrons. The lowest BCUT2D eigenvalue weighted by atomic mass is 10.0. The second-order valence-corrected chi connectivity index (χ2v) is 5.87. The molecule has 7 heteroatoms. The number of nitrogens with two attached hydrogens (primary N) is 1. The van der Waals surface area contributed by atoms with Crippen molar-refractivity contribution in [3.8, 4) is 0 Å². The zero-order chi connectivity index (χ0) is 14.7. The molecule has 2 aromatic rings. The molecule has 0 radical (unpaired) electrons. The standard InChI is InChI=1S/C14H19N5OS/c15-8-10-4-1-2-7-19(10)9-13(20)16-11-5-3-6-12-14(11)18-21-17-12/h3,5-6,10H,1-2,4,7-9,15H2,(H,16,20). The number of rotatable bonds is 4. The first-order valence-electron chi connectivity index (χ1n) is 7.23. The van der Waals surface area contributed by atoms with E-state index in [1.54, 1.807) is 0 Å². The van der Waals surface area contributed by atoms with Crippen molar-refractivity contribution in [1.82, 2.24) is 13.6 Å². The molecular formula is C14H19N5OS. The van der Waals surface area contributed by atoms with Gasteiger partial charge >= 0.3 is 0 Å². The highest BCUT2D eigenvalue weighted by Gasteiger charge is 2.23. The van der Waals surface area contributed by atoms with Crippen molar-refractivity contribution in [3.05, 3.63) is 18.2 Å². The molecule has 1 aliphatic rings. The number of likely N-dealkylation sites (tertiary alicyclic amines) is 1. The van der Waals surface area contributed by atoms with Gasteiger partial charge in [0.05, 0.1) is 24.0 Å². The lowest BCUT2D eigenvalue weighted by molar-refractivity contribution is -0.118. The van der Waals surface area contributed by atoms with Gasteiger partial charge in [0.1, 0.15) is 11.0 Å². The first-order valence-corrected chi connectivity index (χ1v) is 7.96. The molecule has 1 unspecified atom stereocenters. The number of carbonyl (C=O) groups excluding carboxylic acids is 1. The third kappa shape index (κ3) is 3.20. The number of fused-ring (bicyclic) bond motifs is 1. The van der Waals surface area contributed by atoms with E-state index in [9.17, 15) is 4.79 Å². The average molecular weight is 305 g/mol. The maximum Gasteiger partial charge on any atom is 0.238 e. The minimum absolute atomic E-state index is 0.0177. The van der Waals surface area contributed by atoms with E-state index in [0.29, 0.717) is 19.1 Å². The van der Waals surface area contributed by atoms with E-state index in [1.807, 2.05) is 18.2 Å². The number of aromatic nitrogens is 2. The van der Waals surface area contributed by atoms with Crippen LogP contribution in [0.25, 0.3) is 11.0 Å². The Balaban J connectivity index is 1.67. The van der Waals surface area contributed by atoms with Crippen molar-refractivity contribution < 1.29 is 4.79 Å². The second kappa shape index (κ2) is 6.46. The Morgan fingerprint density at radius 2 is 2.33 bits per heavy atom. The number of hydrogen-bond donors (Lipinski definition) is 2. The Hall–Kier alpha value is -1.57. The van der Waals surface area contributed by atoms with Crippen LogP contribution in [0.2, 0.25) is 0 Å². The maximum atomic E-state index is 12.3. The molecule has 1 aliphatic heterocycles. The Morgan fingerprint density at radius 3 is 3.19 bits per heavy atom. The zero-order valence-electron chi connectivity index (χ0n) is 11.8. The highest BCUT2D eigenvalue weighted by Crippen LogP contribution is 2.21. The van der Waals surface area contributed by atoms with Crippen LogP contribution in [0.1, 0.15) is 19.3 Å². The lowest BCUT2D eigenvalue weighted by Gasteiger charge is -2.34. The smallest absolute Gasteiger partial charge is 0.238 e. The fourth-order valence-corrected chi connectivity index (χ4v) is 3.37. The molecule has 1 aromatic carbocycles. The Labute approximate surface area is 127 Å². The number of amides is 1. The zero-order valence-corrected chi connectivity index (χ0v) is 12.6. The van der Waals surface area contributed by atoms with Gasteiger partial charge in [-0.15, -0.1) is 0 Å². The topological polar surface area (TPSA) is 84.1 Å². The number of benzene rings is 1. The number of piperidine rings is 1. The molecule has 0 spiro atoms. The third-order valence-corrected chi connectivity index (χ3v) is 4.47. The first-order chi connectivity index (χ1) is 10.3. The number of carbonyl (C=O) groups is 1. The van der Waals surface area contributed by atoms with Gasteiger partial charge in [-0.2, -0.15) is 8.75 Å². The fourth-order valence-electron chi connectivity index (χ4n) is 2.82. The summed E-state index contributed by atoms with van der Waals surface area (Å²) in [4.78, 5) is 14.4. The van der Waals surface area contributed by atoms with Crippen LogP contribution in [0.15, 0.2) is 18.2 Å². The van der Waals surface area contributed by atoms with Gasteiger partial charge < -0.3 is 11.1 Å². The van der Waals surface area contributed by atoms with Crippen molar-refractivity contribution >= 4 is 34.4 Å². The van der Waals surface area contributed by atoms with Gasteiger partial charge in [0, 0.05) is 12.6 Å². The first kappa shape index (κ1) is 14.4. The monoisotopic (exact) mass is 305 g/mol. The Morgan fingerprint density at radius 1 is 1.43 bits per heavy atom. The maximum absolute atomic E-state index is 12.3. The van der Waals surface area contributed by atoms with Crippen molar-refractivity contribution in [2.45, 2.75) is 25.3 Å². The molecule has 3 rings (SSSR count).